The molecule has 1 fully saturated rings. The minimum Gasteiger partial charge on any atom is -0.354 e. The van der Waals surface area contributed by atoms with Gasteiger partial charge in [0.15, 0.2) is 0 Å². The molecule has 5 rings (SSSR count). The monoisotopic (exact) mass is 455 g/mol. The SMILES string of the molecule is Cn1c(CCN2CCN(c3ccccn3)CC2)nc2cc(NC(=O)Nc3ccccc3)ccc21. The first-order valence-corrected chi connectivity index (χ1v) is 11.6. The quantitative estimate of drug-likeness (QED) is 0.460. The standard InChI is InChI=1S/C26H29N7O/c1-31-23-11-10-21(29-26(34)28-20-7-3-2-4-8-20)19-22(23)30-25(31)12-14-32-15-17-33(18-16-32)24-9-5-6-13-27-24/h2-11,13,19H,12,14-18H2,1H3,(H2,28,29,34). The van der Waals surface area contributed by atoms with Crippen LogP contribution >= 0.6 is 0 Å². The van der Waals surface area contributed by atoms with Crippen LogP contribution in [0.5, 0.6) is 0 Å². The number of carbonyl (C=O) groups excluding carboxylic acids is 1. The van der Waals surface area contributed by atoms with Gasteiger partial charge in [-0.3, -0.25) is 4.90 Å². The van der Waals surface area contributed by atoms with Crippen LogP contribution in [-0.4, -0.2) is 58.2 Å². The third kappa shape index (κ3) is 5.02. The lowest BCUT2D eigenvalue weighted by molar-refractivity contribution is 0.258. The van der Waals surface area contributed by atoms with Crippen LogP contribution in [0, 0.1) is 0 Å². The van der Waals surface area contributed by atoms with Gasteiger partial charge in [0.1, 0.15) is 11.6 Å². The first kappa shape index (κ1) is 21.9. The summed E-state index contributed by atoms with van der Waals surface area (Å²) in [6, 6.07) is 21.0. The zero-order valence-electron chi connectivity index (χ0n) is 19.3. The Kier molecular flexibility index (Phi) is 6.40. The maximum atomic E-state index is 12.3. The third-order valence-corrected chi connectivity index (χ3v) is 6.26. The number of carbonyl (C=O) groups is 1. The van der Waals surface area contributed by atoms with Crippen LogP contribution in [0.2, 0.25) is 0 Å². The Morgan fingerprint density at radius 2 is 1.68 bits per heavy atom. The van der Waals surface area contributed by atoms with E-state index in [9.17, 15) is 4.79 Å². The second kappa shape index (κ2) is 9.93. The van der Waals surface area contributed by atoms with Crippen molar-refractivity contribution in [2.75, 3.05) is 48.3 Å². The molecule has 2 aromatic heterocycles. The number of aryl methyl sites for hydroxylation is 1. The zero-order valence-corrected chi connectivity index (χ0v) is 19.3. The molecule has 2 aromatic carbocycles. The number of aromatic nitrogens is 3. The van der Waals surface area contributed by atoms with Crippen molar-refractivity contribution in [3.8, 4) is 0 Å². The van der Waals surface area contributed by atoms with E-state index in [-0.39, 0.29) is 6.03 Å². The van der Waals surface area contributed by atoms with Gasteiger partial charge in [-0.2, -0.15) is 0 Å². The lowest BCUT2D eigenvalue weighted by Gasteiger charge is -2.35. The van der Waals surface area contributed by atoms with Gasteiger partial charge in [0.05, 0.1) is 11.0 Å². The highest BCUT2D eigenvalue weighted by Gasteiger charge is 2.18. The van der Waals surface area contributed by atoms with E-state index in [0.29, 0.717) is 0 Å². The Bertz CT molecular complexity index is 1250. The van der Waals surface area contributed by atoms with Crippen LogP contribution in [0.25, 0.3) is 11.0 Å². The van der Waals surface area contributed by atoms with Crippen molar-refractivity contribution in [3.05, 3.63) is 78.8 Å². The smallest absolute Gasteiger partial charge is 0.323 e. The molecule has 34 heavy (non-hydrogen) atoms. The number of nitrogens with one attached hydrogen (secondary N) is 2. The number of hydrogen-bond acceptors (Lipinski definition) is 5. The molecule has 8 nitrogen and oxygen atoms in total. The zero-order chi connectivity index (χ0) is 23.3. The minimum atomic E-state index is -0.272. The molecular weight excluding hydrogens is 426 g/mol. The van der Waals surface area contributed by atoms with Crippen LogP contribution in [0.15, 0.2) is 72.9 Å². The number of nitrogens with zero attached hydrogens (tertiary/aromatic N) is 5. The van der Waals surface area contributed by atoms with Gasteiger partial charge in [-0.05, 0) is 42.5 Å². The molecule has 0 saturated carbocycles. The molecule has 1 aliphatic heterocycles. The molecule has 0 bridgehead atoms. The molecule has 1 saturated heterocycles. The number of urea groups is 1. The van der Waals surface area contributed by atoms with Gasteiger partial charge in [-0.25, -0.2) is 14.8 Å². The van der Waals surface area contributed by atoms with Crippen molar-refractivity contribution in [1.29, 1.82) is 0 Å². The summed E-state index contributed by atoms with van der Waals surface area (Å²) in [5.74, 6) is 2.10. The highest BCUT2D eigenvalue weighted by Crippen LogP contribution is 2.21. The molecule has 0 spiro atoms. The lowest BCUT2D eigenvalue weighted by atomic mass is 10.2. The summed E-state index contributed by atoms with van der Waals surface area (Å²) < 4.78 is 2.15. The molecule has 4 aromatic rings. The predicted molar refractivity (Wildman–Crippen MR) is 136 cm³/mol. The Morgan fingerprint density at radius 3 is 2.44 bits per heavy atom. The van der Waals surface area contributed by atoms with Crippen LogP contribution in [-0.2, 0) is 13.5 Å². The van der Waals surface area contributed by atoms with Crippen molar-refractivity contribution in [3.63, 3.8) is 0 Å². The highest BCUT2D eigenvalue weighted by atomic mass is 16.2. The molecular formula is C26H29N7O. The normalized spacial score (nSPS) is 14.3. The van der Waals surface area contributed by atoms with E-state index in [0.717, 1.165) is 73.2 Å². The maximum Gasteiger partial charge on any atom is 0.323 e. The van der Waals surface area contributed by atoms with Gasteiger partial charge >= 0.3 is 6.03 Å². The summed E-state index contributed by atoms with van der Waals surface area (Å²) in [4.78, 5) is 26.5. The predicted octanol–water partition coefficient (Wildman–Crippen LogP) is 3.98. The van der Waals surface area contributed by atoms with Crippen LogP contribution in [0.3, 0.4) is 0 Å². The van der Waals surface area contributed by atoms with Crippen molar-refractivity contribution in [2.45, 2.75) is 6.42 Å². The van der Waals surface area contributed by atoms with Crippen molar-refractivity contribution >= 4 is 34.3 Å². The molecule has 174 valence electrons. The van der Waals surface area contributed by atoms with Crippen molar-refractivity contribution in [1.82, 2.24) is 19.4 Å². The molecule has 0 aliphatic carbocycles. The number of hydrogen-bond donors (Lipinski definition) is 2. The molecule has 3 heterocycles. The first-order chi connectivity index (χ1) is 16.7. The largest absolute Gasteiger partial charge is 0.354 e. The number of benzene rings is 2. The van der Waals surface area contributed by atoms with Crippen LogP contribution in [0.4, 0.5) is 22.0 Å². The fourth-order valence-electron chi connectivity index (χ4n) is 4.37. The Labute approximate surface area is 199 Å². The highest BCUT2D eigenvalue weighted by molar-refractivity contribution is 6.00. The summed E-state index contributed by atoms with van der Waals surface area (Å²) in [7, 11) is 2.05. The fraction of sp³-hybridized carbons (Fsp3) is 0.269. The van der Waals surface area contributed by atoms with E-state index in [1.54, 1.807) is 0 Å². The Morgan fingerprint density at radius 1 is 0.912 bits per heavy atom. The summed E-state index contributed by atoms with van der Waals surface area (Å²) in [5, 5.41) is 5.73. The summed E-state index contributed by atoms with van der Waals surface area (Å²) in [6.07, 6.45) is 2.73. The summed E-state index contributed by atoms with van der Waals surface area (Å²) >= 11 is 0. The number of imidazole rings is 1. The average molecular weight is 456 g/mol. The summed E-state index contributed by atoms with van der Waals surface area (Å²) in [5.41, 5.74) is 3.41. The molecule has 8 heteroatoms. The van der Waals surface area contributed by atoms with Gasteiger partial charge in [-0.15, -0.1) is 0 Å². The third-order valence-electron chi connectivity index (χ3n) is 6.26. The van der Waals surface area contributed by atoms with Crippen molar-refractivity contribution in [2.24, 2.45) is 7.05 Å². The molecule has 0 unspecified atom stereocenters. The fourth-order valence-corrected chi connectivity index (χ4v) is 4.37. The number of amides is 2. The minimum absolute atomic E-state index is 0.272. The van der Waals surface area contributed by atoms with E-state index in [2.05, 4.69) is 43.1 Å². The average Bonchev–Trinajstić information content (AvgIpc) is 3.18. The Hall–Kier alpha value is -3.91. The maximum absolute atomic E-state index is 12.3. The first-order valence-electron chi connectivity index (χ1n) is 11.6. The van der Waals surface area contributed by atoms with Crippen molar-refractivity contribution < 1.29 is 4.79 Å². The van der Waals surface area contributed by atoms with Gasteiger partial charge in [-0.1, -0.05) is 24.3 Å². The van der Waals surface area contributed by atoms with Gasteiger partial charge < -0.3 is 20.1 Å². The van der Waals surface area contributed by atoms with E-state index >= 15 is 0 Å². The number of pyridine rings is 1. The number of fused-ring (bicyclic) bond motifs is 1. The number of rotatable bonds is 6. The Balaban J connectivity index is 1.17. The van der Waals surface area contributed by atoms with E-state index in [1.165, 1.54) is 0 Å². The van der Waals surface area contributed by atoms with Gasteiger partial charge in [0, 0.05) is 63.8 Å². The number of piperazine rings is 1. The van der Waals surface area contributed by atoms with E-state index in [1.807, 2.05) is 66.9 Å². The second-order valence-corrected chi connectivity index (χ2v) is 8.50. The van der Waals surface area contributed by atoms with Gasteiger partial charge in [0.25, 0.3) is 0 Å². The van der Waals surface area contributed by atoms with Crippen LogP contribution < -0.4 is 15.5 Å². The van der Waals surface area contributed by atoms with E-state index in [4.69, 9.17) is 4.98 Å². The van der Waals surface area contributed by atoms with Gasteiger partial charge in [0.2, 0.25) is 0 Å². The number of para-hydroxylation sites is 1. The number of anilines is 3. The van der Waals surface area contributed by atoms with E-state index < -0.39 is 0 Å². The lowest BCUT2D eigenvalue weighted by Crippen LogP contribution is -2.47. The molecule has 2 N–H and O–H groups in total. The second-order valence-electron chi connectivity index (χ2n) is 8.50. The molecule has 1 aliphatic rings. The molecule has 0 atom stereocenters. The topological polar surface area (TPSA) is 78.3 Å². The summed E-state index contributed by atoms with van der Waals surface area (Å²) in [6.45, 7) is 4.98. The van der Waals surface area contributed by atoms with Crippen LogP contribution in [0.1, 0.15) is 5.82 Å². The molecule has 0 radical (unpaired) electrons. The molecule has 2 amide bonds.